The van der Waals surface area contributed by atoms with E-state index in [1.807, 2.05) is 4.57 Å². The molecule has 4 heterocycles. The minimum Gasteiger partial charge on any atom is -0.347 e. The highest BCUT2D eigenvalue weighted by Crippen LogP contribution is 2.16. The standard InChI is InChI=1S/C19H17ClN6O2/c20-16-4-3-13(8-22-16)9-23-18(27)15-11-25-6-7-26(12-17(25)24-15)19(28)14-2-1-5-21-10-14/h1-5,8,10-11H,6-7,9,12H2,(H,23,27). The van der Waals surface area contributed by atoms with Crippen molar-refractivity contribution in [3.63, 3.8) is 0 Å². The fourth-order valence-corrected chi connectivity index (χ4v) is 3.10. The molecule has 0 radical (unpaired) electrons. The van der Waals surface area contributed by atoms with Gasteiger partial charge in [-0.15, -0.1) is 0 Å². The number of imidazole rings is 1. The third kappa shape index (κ3) is 3.86. The van der Waals surface area contributed by atoms with Crippen LogP contribution in [0, 0.1) is 0 Å². The molecule has 0 aliphatic carbocycles. The lowest BCUT2D eigenvalue weighted by atomic mass is 10.2. The van der Waals surface area contributed by atoms with Crippen molar-refractivity contribution in [3.05, 3.63) is 76.9 Å². The molecular formula is C19H17ClN6O2. The van der Waals surface area contributed by atoms with Crippen molar-refractivity contribution in [2.45, 2.75) is 19.6 Å². The van der Waals surface area contributed by atoms with Crippen LogP contribution in [-0.2, 0) is 19.6 Å². The summed E-state index contributed by atoms with van der Waals surface area (Å²) in [6, 6.07) is 6.94. The first-order valence-corrected chi connectivity index (χ1v) is 9.12. The summed E-state index contributed by atoms with van der Waals surface area (Å²) < 4.78 is 1.91. The number of carbonyl (C=O) groups is 2. The van der Waals surface area contributed by atoms with Crippen molar-refractivity contribution in [1.82, 2.24) is 29.7 Å². The van der Waals surface area contributed by atoms with Crippen LogP contribution in [0.25, 0.3) is 0 Å². The molecule has 8 nitrogen and oxygen atoms in total. The molecule has 0 spiro atoms. The van der Waals surface area contributed by atoms with Crippen LogP contribution < -0.4 is 5.32 Å². The SMILES string of the molecule is O=C(NCc1ccc(Cl)nc1)c1cn2c(n1)CN(C(=O)c1cccnc1)CC2. The fraction of sp³-hybridized carbons (Fsp3) is 0.211. The molecule has 28 heavy (non-hydrogen) atoms. The Labute approximate surface area is 166 Å². The number of rotatable bonds is 4. The van der Waals surface area contributed by atoms with Crippen LogP contribution in [0.1, 0.15) is 32.2 Å². The molecule has 0 saturated heterocycles. The summed E-state index contributed by atoms with van der Waals surface area (Å²) in [4.78, 5) is 39.1. The van der Waals surface area contributed by atoms with Crippen LogP contribution >= 0.6 is 11.6 Å². The van der Waals surface area contributed by atoms with Gasteiger partial charge < -0.3 is 14.8 Å². The van der Waals surface area contributed by atoms with E-state index in [0.717, 1.165) is 5.56 Å². The molecule has 0 fully saturated rings. The lowest BCUT2D eigenvalue weighted by Gasteiger charge is -2.27. The van der Waals surface area contributed by atoms with Crippen molar-refractivity contribution < 1.29 is 9.59 Å². The number of fused-ring (bicyclic) bond motifs is 1. The molecule has 2 amide bonds. The lowest BCUT2D eigenvalue weighted by Crippen LogP contribution is -2.38. The second-order valence-electron chi connectivity index (χ2n) is 6.38. The van der Waals surface area contributed by atoms with Gasteiger partial charge in [0.2, 0.25) is 0 Å². The summed E-state index contributed by atoms with van der Waals surface area (Å²) in [7, 11) is 0. The van der Waals surface area contributed by atoms with Gasteiger partial charge in [0.1, 0.15) is 16.7 Å². The Bertz CT molecular complexity index is 1000. The second-order valence-corrected chi connectivity index (χ2v) is 6.76. The summed E-state index contributed by atoms with van der Waals surface area (Å²) in [5.74, 6) is 0.312. The minimum absolute atomic E-state index is 0.0939. The van der Waals surface area contributed by atoms with E-state index in [1.165, 1.54) is 0 Å². The summed E-state index contributed by atoms with van der Waals surface area (Å²) in [6.45, 7) is 1.82. The Hall–Kier alpha value is -3.26. The molecule has 9 heteroatoms. The molecule has 1 aliphatic rings. The predicted molar refractivity (Wildman–Crippen MR) is 102 cm³/mol. The fourth-order valence-electron chi connectivity index (χ4n) is 2.99. The molecule has 3 aromatic heterocycles. The van der Waals surface area contributed by atoms with Gasteiger partial charge in [-0.3, -0.25) is 14.6 Å². The smallest absolute Gasteiger partial charge is 0.271 e. The zero-order valence-electron chi connectivity index (χ0n) is 14.9. The topological polar surface area (TPSA) is 93.0 Å². The number of hydrogen-bond donors (Lipinski definition) is 1. The van der Waals surface area contributed by atoms with Crippen molar-refractivity contribution >= 4 is 23.4 Å². The number of pyridine rings is 2. The molecule has 0 atom stereocenters. The van der Waals surface area contributed by atoms with E-state index in [1.54, 1.807) is 54.0 Å². The monoisotopic (exact) mass is 396 g/mol. The van der Waals surface area contributed by atoms with E-state index in [4.69, 9.17) is 11.6 Å². The van der Waals surface area contributed by atoms with Crippen LogP contribution in [0.5, 0.6) is 0 Å². The summed E-state index contributed by atoms with van der Waals surface area (Å²) in [5, 5.41) is 3.22. The van der Waals surface area contributed by atoms with E-state index in [0.29, 0.717) is 48.4 Å². The number of nitrogens with zero attached hydrogens (tertiary/aromatic N) is 5. The maximum absolute atomic E-state index is 12.6. The van der Waals surface area contributed by atoms with Crippen LogP contribution in [0.4, 0.5) is 0 Å². The molecule has 1 aliphatic heterocycles. The van der Waals surface area contributed by atoms with Crippen molar-refractivity contribution in [2.24, 2.45) is 0 Å². The first-order valence-electron chi connectivity index (χ1n) is 8.74. The predicted octanol–water partition coefficient (Wildman–Crippen LogP) is 1.91. The van der Waals surface area contributed by atoms with Gasteiger partial charge in [0, 0.05) is 44.4 Å². The van der Waals surface area contributed by atoms with Gasteiger partial charge in [-0.1, -0.05) is 17.7 Å². The van der Waals surface area contributed by atoms with Crippen molar-refractivity contribution in [2.75, 3.05) is 6.54 Å². The van der Waals surface area contributed by atoms with Crippen molar-refractivity contribution in [3.8, 4) is 0 Å². The average molecular weight is 397 g/mol. The largest absolute Gasteiger partial charge is 0.347 e. The van der Waals surface area contributed by atoms with E-state index in [2.05, 4.69) is 20.3 Å². The molecule has 3 aromatic rings. The van der Waals surface area contributed by atoms with Gasteiger partial charge >= 0.3 is 0 Å². The Morgan fingerprint density at radius 1 is 1.18 bits per heavy atom. The zero-order valence-corrected chi connectivity index (χ0v) is 15.6. The Balaban J connectivity index is 1.41. The van der Waals surface area contributed by atoms with E-state index in [9.17, 15) is 9.59 Å². The Kier molecular flexibility index (Phi) is 5.03. The second kappa shape index (κ2) is 7.77. The average Bonchev–Trinajstić information content (AvgIpc) is 3.16. The van der Waals surface area contributed by atoms with Gasteiger partial charge in [-0.2, -0.15) is 0 Å². The first-order chi connectivity index (χ1) is 13.6. The lowest BCUT2D eigenvalue weighted by molar-refractivity contribution is 0.0707. The molecule has 1 N–H and O–H groups in total. The van der Waals surface area contributed by atoms with Gasteiger partial charge in [0.25, 0.3) is 11.8 Å². The maximum atomic E-state index is 12.6. The van der Waals surface area contributed by atoms with Gasteiger partial charge in [-0.05, 0) is 23.8 Å². The zero-order chi connectivity index (χ0) is 19.5. The molecule has 0 bridgehead atoms. The van der Waals surface area contributed by atoms with Crippen LogP contribution in [-0.4, -0.2) is 42.8 Å². The van der Waals surface area contributed by atoms with Crippen LogP contribution in [0.15, 0.2) is 49.1 Å². The number of aromatic nitrogens is 4. The highest BCUT2D eigenvalue weighted by Gasteiger charge is 2.24. The Morgan fingerprint density at radius 3 is 2.82 bits per heavy atom. The molecule has 4 rings (SSSR count). The van der Waals surface area contributed by atoms with E-state index >= 15 is 0 Å². The Morgan fingerprint density at radius 2 is 2.07 bits per heavy atom. The normalized spacial score (nSPS) is 13.1. The molecular weight excluding hydrogens is 380 g/mol. The molecule has 0 aromatic carbocycles. The summed E-state index contributed by atoms with van der Waals surface area (Å²) >= 11 is 5.76. The number of carbonyl (C=O) groups excluding carboxylic acids is 2. The third-order valence-electron chi connectivity index (χ3n) is 4.47. The summed E-state index contributed by atoms with van der Waals surface area (Å²) in [6.07, 6.45) is 6.51. The molecule has 0 saturated carbocycles. The number of hydrogen-bond acceptors (Lipinski definition) is 5. The molecule has 142 valence electrons. The minimum atomic E-state index is -0.276. The third-order valence-corrected chi connectivity index (χ3v) is 4.70. The van der Waals surface area contributed by atoms with Gasteiger partial charge in [-0.25, -0.2) is 9.97 Å². The van der Waals surface area contributed by atoms with E-state index < -0.39 is 0 Å². The van der Waals surface area contributed by atoms with Gasteiger partial charge in [0.15, 0.2) is 0 Å². The quantitative estimate of drug-likeness (QED) is 0.680. The van der Waals surface area contributed by atoms with E-state index in [-0.39, 0.29) is 11.8 Å². The van der Waals surface area contributed by atoms with Crippen LogP contribution in [0.2, 0.25) is 5.15 Å². The number of amides is 2. The van der Waals surface area contributed by atoms with Gasteiger partial charge in [0.05, 0.1) is 12.1 Å². The number of halogens is 1. The highest BCUT2D eigenvalue weighted by atomic mass is 35.5. The maximum Gasteiger partial charge on any atom is 0.271 e. The van der Waals surface area contributed by atoms with Crippen LogP contribution in [0.3, 0.4) is 0 Å². The summed E-state index contributed by atoms with van der Waals surface area (Å²) in [5.41, 5.74) is 1.71. The first kappa shape index (κ1) is 18.1. The number of nitrogens with one attached hydrogen (secondary N) is 1. The van der Waals surface area contributed by atoms with Crippen molar-refractivity contribution in [1.29, 1.82) is 0 Å². The molecule has 0 unspecified atom stereocenters. The highest BCUT2D eigenvalue weighted by molar-refractivity contribution is 6.29.